The molecule has 0 unspecified atom stereocenters. The van der Waals surface area contributed by atoms with E-state index in [1.165, 1.54) is 6.07 Å². The first-order chi connectivity index (χ1) is 14.9. The molecule has 2 aromatic carbocycles. The predicted octanol–water partition coefficient (Wildman–Crippen LogP) is 4.95. The number of carbonyl (C=O) groups excluding carboxylic acids is 1. The highest BCUT2D eigenvalue weighted by Gasteiger charge is 2.67. The number of carbonyl (C=O) groups is 1. The number of rotatable bonds is 3. The van der Waals surface area contributed by atoms with Crippen molar-refractivity contribution in [2.75, 3.05) is 5.32 Å². The minimum absolute atomic E-state index is 0.125. The zero-order chi connectivity index (χ0) is 21.8. The predicted molar refractivity (Wildman–Crippen MR) is 115 cm³/mol. The van der Waals surface area contributed by atoms with Crippen LogP contribution in [0, 0.1) is 22.6 Å². The molecule has 1 saturated carbocycles. The highest BCUT2D eigenvalue weighted by molar-refractivity contribution is 6.02. The summed E-state index contributed by atoms with van der Waals surface area (Å²) in [6.45, 7) is 4.18. The van der Waals surface area contributed by atoms with Crippen LogP contribution in [0.25, 0.3) is 11.3 Å². The van der Waals surface area contributed by atoms with Gasteiger partial charge in [-0.15, -0.1) is 0 Å². The molecule has 1 fully saturated rings. The molecular weight excluding hydrogens is 391 g/mol. The second-order valence-electron chi connectivity index (χ2n) is 8.84. The quantitative estimate of drug-likeness (QED) is 0.660. The first-order valence-corrected chi connectivity index (χ1v) is 10.3. The summed E-state index contributed by atoms with van der Waals surface area (Å²) >= 11 is 0. The summed E-state index contributed by atoms with van der Waals surface area (Å²) in [6, 6.07) is 17.5. The molecule has 0 aliphatic heterocycles. The number of halogens is 1. The van der Waals surface area contributed by atoms with Crippen LogP contribution in [0.2, 0.25) is 0 Å². The van der Waals surface area contributed by atoms with Gasteiger partial charge in [0.15, 0.2) is 0 Å². The minimum atomic E-state index is -0.851. The second-order valence-corrected chi connectivity index (χ2v) is 8.84. The van der Waals surface area contributed by atoms with E-state index in [9.17, 15) is 14.4 Å². The van der Waals surface area contributed by atoms with Crippen molar-refractivity contribution in [3.05, 3.63) is 77.2 Å². The maximum absolute atomic E-state index is 14.3. The summed E-state index contributed by atoms with van der Waals surface area (Å²) in [4.78, 5) is 13.7. The van der Waals surface area contributed by atoms with Gasteiger partial charge in [0, 0.05) is 5.56 Å². The van der Waals surface area contributed by atoms with E-state index in [1.807, 2.05) is 6.07 Å². The van der Waals surface area contributed by atoms with Crippen molar-refractivity contribution in [3.63, 3.8) is 0 Å². The second kappa shape index (κ2) is 6.71. The minimum Gasteiger partial charge on any atom is -0.324 e. The third-order valence-corrected chi connectivity index (χ3v) is 7.22. The zero-order valence-electron chi connectivity index (χ0n) is 17.3. The Hall–Kier alpha value is -3.59. The maximum Gasteiger partial charge on any atom is 0.237 e. The van der Waals surface area contributed by atoms with Gasteiger partial charge in [0.05, 0.1) is 28.1 Å². The lowest BCUT2D eigenvalue weighted by molar-refractivity contribution is -0.124. The highest BCUT2D eigenvalue weighted by atomic mass is 19.1. The van der Waals surface area contributed by atoms with Gasteiger partial charge in [-0.3, -0.25) is 4.79 Å². The Balaban J connectivity index is 1.60. The van der Waals surface area contributed by atoms with Crippen molar-refractivity contribution >= 4 is 11.6 Å². The monoisotopic (exact) mass is 412 g/mol. The molecule has 0 radical (unpaired) electrons. The number of nitriles is 1. The van der Waals surface area contributed by atoms with E-state index in [4.69, 9.17) is 0 Å². The molecule has 1 aromatic heterocycles. The summed E-state index contributed by atoms with van der Waals surface area (Å²) in [5.41, 5.74) is 2.19. The molecule has 0 saturated heterocycles. The third-order valence-electron chi connectivity index (χ3n) is 7.22. The summed E-state index contributed by atoms with van der Waals surface area (Å²) in [7, 11) is 0. The Morgan fingerprint density at radius 3 is 2.68 bits per heavy atom. The van der Waals surface area contributed by atoms with E-state index in [1.54, 1.807) is 42.5 Å². The van der Waals surface area contributed by atoms with Gasteiger partial charge in [-0.2, -0.15) is 15.5 Å². The standard InChI is InChI=1S/C25H21FN4O/c1-24(2)18-11-12-25(24,23(31)28-20-10-6-3-7-15(20)14-27)22-17(18)13-21(29-30-22)16-8-4-5-9-19(16)26/h3-10,13,18H,11-12H2,1-2H3,(H,28,31)/t18-,25+/m0/s1. The number of benzene rings is 2. The van der Waals surface area contributed by atoms with E-state index in [2.05, 4.69) is 35.4 Å². The average Bonchev–Trinajstić information content (AvgIpc) is 3.15. The van der Waals surface area contributed by atoms with Crippen molar-refractivity contribution < 1.29 is 9.18 Å². The van der Waals surface area contributed by atoms with Crippen LogP contribution in [-0.2, 0) is 10.2 Å². The van der Waals surface area contributed by atoms with Gasteiger partial charge in [-0.25, -0.2) is 4.39 Å². The average molecular weight is 412 g/mol. The topological polar surface area (TPSA) is 78.7 Å². The van der Waals surface area contributed by atoms with Gasteiger partial charge in [-0.05, 0) is 60.1 Å². The number of nitrogens with zero attached hydrogens (tertiary/aromatic N) is 3. The van der Waals surface area contributed by atoms with E-state index in [0.29, 0.717) is 34.6 Å². The number of amides is 1. The van der Waals surface area contributed by atoms with Crippen LogP contribution in [0.15, 0.2) is 54.6 Å². The number of anilines is 1. The molecule has 1 N–H and O–H groups in total. The summed E-state index contributed by atoms with van der Waals surface area (Å²) in [5.74, 6) is -0.394. The first-order valence-electron chi connectivity index (χ1n) is 10.3. The highest BCUT2D eigenvalue weighted by Crippen LogP contribution is 2.67. The maximum atomic E-state index is 14.3. The Morgan fingerprint density at radius 1 is 1.16 bits per heavy atom. The van der Waals surface area contributed by atoms with Crippen molar-refractivity contribution in [1.82, 2.24) is 10.2 Å². The van der Waals surface area contributed by atoms with E-state index >= 15 is 0 Å². The van der Waals surface area contributed by atoms with Crippen molar-refractivity contribution in [3.8, 4) is 17.3 Å². The molecule has 31 heavy (non-hydrogen) atoms. The molecule has 2 aliphatic rings. The number of aromatic nitrogens is 2. The van der Waals surface area contributed by atoms with Crippen molar-refractivity contribution in [2.45, 2.75) is 38.0 Å². The Kier molecular flexibility index (Phi) is 4.19. The zero-order valence-corrected chi connectivity index (χ0v) is 17.3. The van der Waals surface area contributed by atoms with Crippen LogP contribution in [0.1, 0.15) is 49.4 Å². The lowest BCUT2D eigenvalue weighted by atomic mass is 9.67. The van der Waals surface area contributed by atoms with Crippen LogP contribution in [0.5, 0.6) is 0 Å². The van der Waals surface area contributed by atoms with Crippen LogP contribution >= 0.6 is 0 Å². The fraction of sp³-hybridized carbons (Fsp3) is 0.280. The number of fused-ring (bicyclic) bond motifs is 5. The first kappa shape index (κ1) is 19.4. The molecular formula is C25H21FN4O. The van der Waals surface area contributed by atoms with Gasteiger partial charge in [0.2, 0.25) is 5.91 Å². The van der Waals surface area contributed by atoms with Crippen LogP contribution < -0.4 is 5.32 Å². The van der Waals surface area contributed by atoms with Crippen LogP contribution in [0.3, 0.4) is 0 Å². The lowest BCUT2D eigenvalue weighted by Crippen LogP contribution is -2.47. The molecule has 1 amide bonds. The van der Waals surface area contributed by atoms with Gasteiger partial charge in [0.25, 0.3) is 0 Å². The van der Waals surface area contributed by atoms with Crippen molar-refractivity contribution in [1.29, 1.82) is 5.26 Å². The Bertz CT molecular complexity index is 1260. The van der Waals surface area contributed by atoms with E-state index < -0.39 is 5.41 Å². The molecule has 2 aliphatic carbocycles. The largest absolute Gasteiger partial charge is 0.324 e. The SMILES string of the molecule is CC1(C)[C@H]2CC[C@]1(C(=O)Nc1ccccc1C#N)c1nnc(-c3ccccc3F)cc12. The molecule has 2 bridgehead atoms. The van der Waals surface area contributed by atoms with E-state index in [0.717, 1.165) is 12.0 Å². The number of para-hydroxylation sites is 1. The lowest BCUT2D eigenvalue weighted by Gasteiger charge is -2.36. The fourth-order valence-electron chi connectivity index (χ4n) is 5.55. The number of hydrogen-bond donors (Lipinski definition) is 1. The smallest absolute Gasteiger partial charge is 0.237 e. The van der Waals surface area contributed by atoms with Crippen LogP contribution in [0.4, 0.5) is 10.1 Å². The molecule has 6 heteroatoms. The molecule has 5 rings (SSSR count). The Morgan fingerprint density at radius 2 is 1.90 bits per heavy atom. The summed E-state index contributed by atoms with van der Waals surface area (Å²) in [5, 5.41) is 21.2. The van der Waals surface area contributed by atoms with Gasteiger partial charge in [-0.1, -0.05) is 38.1 Å². The van der Waals surface area contributed by atoms with Crippen LogP contribution in [-0.4, -0.2) is 16.1 Å². The molecule has 5 nitrogen and oxygen atoms in total. The van der Waals surface area contributed by atoms with Gasteiger partial charge < -0.3 is 5.32 Å². The molecule has 1 heterocycles. The third kappa shape index (κ3) is 2.56. The molecule has 2 atom stereocenters. The summed E-state index contributed by atoms with van der Waals surface area (Å²) in [6.07, 6.45) is 1.50. The van der Waals surface area contributed by atoms with Gasteiger partial charge in [0.1, 0.15) is 11.9 Å². The van der Waals surface area contributed by atoms with Crippen molar-refractivity contribution in [2.24, 2.45) is 5.41 Å². The Labute approximate surface area is 179 Å². The number of hydrogen-bond acceptors (Lipinski definition) is 4. The number of nitrogens with one attached hydrogen (secondary N) is 1. The summed E-state index contributed by atoms with van der Waals surface area (Å²) < 4.78 is 14.3. The van der Waals surface area contributed by atoms with Gasteiger partial charge >= 0.3 is 0 Å². The van der Waals surface area contributed by atoms with E-state index in [-0.39, 0.29) is 23.1 Å². The molecule has 0 spiro atoms. The molecule has 3 aromatic rings. The molecule has 154 valence electrons. The normalized spacial score (nSPS) is 22.6. The fourth-order valence-corrected chi connectivity index (χ4v) is 5.55.